The first kappa shape index (κ1) is 17.0. The molecule has 1 heterocycles. The van der Waals surface area contributed by atoms with Gasteiger partial charge in [-0.15, -0.1) is 0 Å². The van der Waals surface area contributed by atoms with Crippen LogP contribution in [0, 0.1) is 17.2 Å². The second kappa shape index (κ2) is 6.69. The van der Waals surface area contributed by atoms with Crippen LogP contribution in [0.2, 0.25) is 0 Å². The zero-order chi connectivity index (χ0) is 17.4. The average molecular weight is 347 g/mol. The van der Waals surface area contributed by atoms with Crippen LogP contribution in [0.25, 0.3) is 0 Å². The standard InChI is InChI=1S/C20H26FNO3/c21-18-7-15(16(14-1-2-14)8-17(18)19(23)24)12-25-11-13-9-20(10-13)3-5-22-6-4-20/h7-8,13-14,22H,1-6,9-12H2,(H,23,24). The third kappa shape index (κ3) is 3.58. The fourth-order valence-electron chi connectivity index (χ4n) is 4.68. The molecule has 0 atom stereocenters. The molecule has 2 N–H and O–H groups in total. The fourth-order valence-corrected chi connectivity index (χ4v) is 4.68. The summed E-state index contributed by atoms with van der Waals surface area (Å²) in [5, 5.41) is 12.5. The van der Waals surface area contributed by atoms with E-state index in [1.807, 2.05) is 0 Å². The Hall–Kier alpha value is -1.46. The van der Waals surface area contributed by atoms with Crippen LogP contribution in [-0.4, -0.2) is 30.8 Å². The van der Waals surface area contributed by atoms with Gasteiger partial charge in [-0.25, -0.2) is 9.18 Å². The molecular weight excluding hydrogens is 321 g/mol. The zero-order valence-electron chi connectivity index (χ0n) is 14.5. The van der Waals surface area contributed by atoms with Gasteiger partial charge in [0.2, 0.25) is 0 Å². The van der Waals surface area contributed by atoms with Gasteiger partial charge in [-0.2, -0.15) is 0 Å². The van der Waals surface area contributed by atoms with Crippen LogP contribution in [0.3, 0.4) is 0 Å². The Balaban J connectivity index is 1.34. The largest absolute Gasteiger partial charge is 0.478 e. The molecule has 4 rings (SSSR count). The molecule has 136 valence electrons. The lowest BCUT2D eigenvalue weighted by atomic mass is 9.58. The number of piperidine rings is 1. The quantitative estimate of drug-likeness (QED) is 0.824. The number of hydrogen-bond donors (Lipinski definition) is 2. The predicted octanol–water partition coefficient (Wildman–Crippen LogP) is 3.70. The van der Waals surface area contributed by atoms with Gasteiger partial charge >= 0.3 is 5.97 Å². The Bertz CT molecular complexity index is 657. The molecule has 1 aromatic rings. The summed E-state index contributed by atoms with van der Waals surface area (Å²) in [5.41, 5.74) is 2.11. The van der Waals surface area contributed by atoms with E-state index in [2.05, 4.69) is 5.32 Å². The van der Waals surface area contributed by atoms with Crippen molar-refractivity contribution in [2.75, 3.05) is 19.7 Å². The molecule has 1 spiro atoms. The monoisotopic (exact) mass is 347 g/mol. The summed E-state index contributed by atoms with van der Waals surface area (Å²) in [6.45, 7) is 3.37. The minimum atomic E-state index is -1.20. The summed E-state index contributed by atoms with van der Waals surface area (Å²) in [5.74, 6) is -0.869. The third-order valence-electron chi connectivity index (χ3n) is 6.20. The molecule has 2 saturated carbocycles. The molecule has 0 bridgehead atoms. The van der Waals surface area contributed by atoms with E-state index in [-0.39, 0.29) is 5.56 Å². The van der Waals surface area contributed by atoms with Gasteiger partial charge in [0.1, 0.15) is 5.82 Å². The molecule has 25 heavy (non-hydrogen) atoms. The average Bonchev–Trinajstić information content (AvgIpc) is 3.39. The Morgan fingerprint density at radius 3 is 2.64 bits per heavy atom. The summed E-state index contributed by atoms with van der Waals surface area (Å²) >= 11 is 0. The fraction of sp³-hybridized carbons (Fsp3) is 0.650. The van der Waals surface area contributed by atoms with E-state index in [9.17, 15) is 9.18 Å². The summed E-state index contributed by atoms with van der Waals surface area (Å²) in [6, 6.07) is 2.88. The maximum atomic E-state index is 14.0. The molecule has 1 saturated heterocycles. The molecule has 5 heteroatoms. The number of aromatic carboxylic acids is 1. The second-order valence-corrected chi connectivity index (χ2v) is 8.15. The Morgan fingerprint density at radius 1 is 1.28 bits per heavy atom. The number of carboxylic acid groups (broad SMARTS) is 1. The van der Waals surface area contributed by atoms with Crippen LogP contribution < -0.4 is 5.32 Å². The van der Waals surface area contributed by atoms with Crippen LogP contribution in [-0.2, 0) is 11.3 Å². The van der Waals surface area contributed by atoms with Gasteiger partial charge in [-0.1, -0.05) is 0 Å². The third-order valence-corrected chi connectivity index (χ3v) is 6.20. The smallest absolute Gasteiger partial charge is 0.338 e. The minimum Gasteiger partial charge on any atom is -0.478 e. The lowest BCUT2D eigenvalue weighted by Crippen LogP contribution is -2.46. The number of carbonyl (C=O) groups is 1. The number of carboxylic acids is 1. The molecular formula is C20H26FNO3. The van der Waals surface area contributed by atoms with Crippen molar-refractivity contribution < 1.29 is 19.0 Å². The minimum absolute atomic E-state index is 0.225. The molecule has 1 aromatic carbocycles. The number of hydrogen-bond acceptors (Lipinski definition) is 3. The van der Waals surface area contributed by atoms with Crippen molar-refractivity contribution in [1.29, 1.82) is 0 Å². The summed E-state index contributed by atoms with van der Waals surface area (Å²) in [4.78, 5) is 11.1. The Labute approximate surface area is 147 Å². The molecule has 3 aliphatic rings. The number of rotatable bonds is 6. The van der Waals surface area contributed by atoms with E-state index in [0.29, 0.717) is 23.9 Å². The molecule has 0 unspecified atom stereocenters. The van der Waals surface area contributed by atoms with Crippen molar-refractivity contribution in [3.05, 3.63) is 34.6 Å². The van der Waals surface area contributed by atoms with Gasteiger partial charge in [0.05, 0.1) is 12.2 Å². The highest BCUT2D eigenvalue weighted by Crippen LogP contribution is 2.51. The van der Waals surface area contributed by atoms with Crippen molar-refractivity contribution in [2.45, 2.75) is 51.0 Å². The van der Waals surface area contributed by atoms with E-state index < -0.39 is 11.8 Å². The number of nitrogens with one attached hydrogen (secondary N) is 1. The maximum absolute atomic E-state index is 14.0. The van der Waals surface area contributed by atoms with Crippen LogP contribution in [0.4, 0.5) is 4.39 Å². The van der Waals surface area contributed by atoms with E-state index in [1.54, 1.807) is 0 Å². The second-order valence-electron chi connectivity index (χ2n) is 8.15. The topological polar surface area (TPSA) is 58.6 Å². The van der Waals surface area contributed by atoms with Crippen molar-refractivity contribution >= 4 is 5.97 Å². The summed E-state index contributed by atoms with van der Waals surface area (Å²) in [7, 11) is 0. The van der Waals surface area contributed by atoms with Crippen LogP contribution in [0.1, 0.15) is 65.9 Å². The first-order chi connectivity index (χ1) is 12.1. The number of ether oxygens (including phenoxy) is 1. The SMILES string of the molecule is O=C(O)c1cc(C2CC2)c(COCC2CC3(CCNCC3)C2)cc1F. The van der Waals surface area contributed by atoms with E-state index >= 15 is 0 Å². The molecule has 3 fully saturated rings. The molecule has 4 nitrogen and oxygen atoms in total. The van der Waals surface area contributed by atoms with Gasteiger partial charge in [0.15, 0.2) is 0 Å². The van der Waals surface area contributed by atoms with Crippen molar-refractivity contribution in [1.82, 2.24) is 5.32 Å². The number of benzene rings is 1. The highest BCUT2D eigenvalue weighted by molar-refractivity contribution is 5.88. The Kier molecular flexibility index (Phi) is 4.54. The number of halogens is 1. The molecule has 2 aliphatic carbocycles. The van der Waals surface area contributed by atoms with E-state index in [1.165, 1.54) is 37.8 Å². The van der Waals surface area contributed by atoms with Gasteiger partial charge in [-0.3, -0.25) is 0 Å². The maximum Gasteiger partial charge on any atom is 0.338 e. The van der Waals surface area contributed by atoms with Crippen LogP contribution in [0.5, 0.6) is 0 Å². The molecule has 0 amide bonds. The summed E-state index contributed by atoms with van der Waals surface area (Å²) < 4.78 is 19.9. The van der Waals surface area contributed by atoms with Gasteiger partial charge in [0.25, 0.3) is 0 Å². The highest BCUT2D eigenvalue weighted by Gasteiger charge is 2.44. The first-order valence-electron chi connectivity index (χ1n) is 9.40. The van der Waals surface area contributed by atoms with Gasteiger partial charge < -0.3 is 15.2 Å². The zero-order valence-corrected chi connectivity index (χ0v) is 14.5. The lowest BCUT2D eigenvalue weighted by Gasteiger charge is -2.50. The van der Waals surface area contributed by atoms with Crippen molar-refractivity contribution in [3.63, 3.8) is 0 Å². The van der Waals surface area contributed by atoms with Crippen LogP contribution in [0.15, 0.2) is 12.1 Å². The summed E-state index contributed by atoms with van der Waals surface area (Å²) in [6.07, 6.45) is 7.15. The Morgan fingerprint density at radius 2 is 2.00 bits per heavy atom. The molecule has 0 aromatic heterocycles. The normalized spacial score (nSPS) is 22.8. The highest BCUT2D eigenvalue weighted by atomic mass is 19.1. The van der Waals surface area contributed by atoms with Gasteiger partial charge in [-0.05, 0) is 92.1 Å². The van der Waals surface area contributed by atoms with Crippen molar-refractivity contribution in [2.24, 2.45) is 11.3 Å². The predicted molar refractivity (Wildman–Crippen MR) is 92.3 cm³/mol. The van der Waals surface area contributed by atoms with E-state index in [4.69, 9.17) is 9.84 Å². The molecule has 1 aliphatic heterocycles. The van der Waals surface area contributed by atoms with Crippen LogP contribution >= 0.6 is 0 Å². The van der Waals surface area contributed by atoms with E-state index in [0.717, 1.165) is 43.7 Å². The lowest BCUT2D eigenvalue weighted by molar-refractivity contribution is -0.0347. The molecule has 0 radical (unpaired) electrons. The first-order valence-corrected chi connectivity index (χ1v) is 9.40. The van der Waals surface area contributed by atoms with Gasteiger partial charge in [0, 0.05) is 6.61 Å². The van der Waals surface area contributed by atoms with Crippen molar-refractivity contribution in [3.8, 4) is 0 Å².